The molecule has 112 valence electrons. The zero-order chi connectivity index (χ0) is 15.1. The lowest BCUT2D eigenvalue weighted by molar-refractivity contribution is -0.384. The van der Waals surface area contributed by atoms with Crippen molar-refractivity contribution in [1.82, 2.24) is 0 Å². The number of benzene rings is 1. The van der Waals surface area contributed by atoms with E-state index < -0.39 is 0 Å². The quantitative estimate of drug-likeness (QED) is 0.433. The van der Waals surface area contributed by atoms with Gasteiger partial charge >= 0.3 is 0 Å². The number of nitrogens with one attached hydrogen (secondary N) is 1. The molecule has 0 aliphatic carbocycles. The monoisotopic (exact) mass is 280 g/mol. The largest absolute Gasteiger partial charge is 0.369 e. The number of nitro benzene ring substituents is 1. The van der Waals surface area contributed by atoms with Gasteiger partial charge in [0.2, 0.25) is 0 Å². The summed E-state index contributed by atoms with van der Waals surface area (Å²) in [4.78, 5) is 12.8. The van der Waals surface area contributed by atoms with Crippen LogP contribution in [0.2, 0.25) is 0 Å². The van der Waals surface area contributed by atoms with E-state index in [1.54, 1.807) is 6.07 Å². The number of unbranched alkanes of at least 4 members (excludes halogenated alkanes) is 1. The lowest BCUT2D eigenvalue weighted by Crippen LogP contribution is -2.33. The number of hydrogen-bond acceptors (Lipinski definition) is 5. The predicted molar refractivity (Wildman–Crippen MR) is 82.9 cm³/mol. The molecule has 3 N–H and O–H groups in total. The van der Waals surface area contributed by atoms with E-state index in [4.69, 9.17) is 5.84 Å². The molecule has 1 rings (SSSR count). The van der Waals surface area contributed by atoms with Crippen LogP contribution in [0.1, 0.15) is 40.0 Å². The molecule has 1 unspecified atom stereocenters. The fourth-order valence-electron chi connectivity index (χ4n) is 2.10. The molecule has 0 spiro atoms. The molecule has 6 nitrogen and oxygen atoms in total. The molecule has 0 aliphatic rings. The van der Waals surface area contributed by atoms with E-state index in [0.29, 0.717) is 11.7 Å². The van der Waals surface area contributed by atoms with Crippen molar-refractivity contribution >= 4 is 17.1 Å². The standard InChI is InChI=1S/C14H24N4O2/c1-4-6-7-17(11(3)5-2)13-8-12(16-15)9-14(10-13)18(19)20/h8-11,16H,4-7,15H2,1-3H3. The highest BCUT2D eigenvalue weighted by Crippen LogP contribution is 2.28. The van der Waals surface area contributed by atoms with E-state index in [1.165, 1.54) is 6.07 Å². The number of nitro groups is 1. The molecule has 6 heteroatoms. The zero-order valence-corrected chi connectivity index (χ0v) is 12.4. The molecule has 0 bridgehead atoms. The average molecular weight is 280 g/mol. The Morgan fingerprint density at radius 1 is 1.40 bits per heavy atom. The molecule has 0 aliphatic heterocycles. The fraction of sp³-hybridized carbons (Fsp3) is 0.571. The molecule has 0 saturated carbocycles. The number of nitrogen functional groups attached to an aromatic ring is 1. The van der Waals surface area contributed by atoms with Crippen molar-refractivity contribution in [2.24, 2.45) is 5.84 Å². The van der Waals surface area contributed by atoms with Crippen molar-refractivity contribution in [3.05, 3.63) is 28.3 Å². The second-order valence-corrected chi connectivity index (χ2v) is 4.94. The van der Waals surface area contributed by atoms with Gasteiger partial charge in [0, 0.05) is 30.4 Å². The minimum Gasteiger partial charge on any atom is -0.369 e. The van der Waals surface area contributed by atoms with Crippen molar-refractivity contribution in [3.8, 4) is 0 Å². The molecule has 1 atom stereocenters. The van der Waals surface area contributed by atoms with Crippen molar-refractivity contribution in [1.29, 1.82) is 0 Å². The number of hydrazine groups is 1. The summed E-state index contributed by atoms with van der Waals surface area (Å²) in [7, 11) is 0. The second-order valence-electron chi connectivity index (χ2n) is 4.94. The first kappa shape index (κ1) is 16.2. The van der Waals surface area contributed by atoms with E-state index in [9.17, 15) is 10.1 Å². The van der Waals surface area contributed by atoms with Crippen LogP contribution < -0.4 is 16.2 Å². The first-order valence-corrected chi connectivity index (χ1v) is 7.06. The number of non-ortho nitro benzene ring substituents is 1. The van der Waals surface area contributed by atoms with Gasteiger partial charge in [-0.2, -0.15) is 0 Å². The van der Waals surface area contributed by atoms with Crippen LogP contribution in [0.5, 0.6) is 0 Å². The first-order chi connectivity index (χ1) is 9.53. The highest BCUT2D eigenvalue weighted by molar-refractivity contribution is 5.64. The molecule has 0 amide bonds. The van der Waals surface area contributed by atoms with Crippen LogP contribution >= 0.6 is 0 Å². The van der Waals surface area contributed by atoms with Crippen LogP contribution in [0.25, 0.3) is 0 Å². The minimum absolute atomic E-state index is 0.0558. The average Bonchev–Trinajstić information content (AvgIpc) is 2.46. The molecule has 0 heterocycles. The summed E-state index contributed by atoms with van der Waals surface area (Å²) in [5, 5.41) is 11.0. The van der Waals surface area contributed by atoms with E-state index >= 15 is 0 Å². The Balaban J connectivity index is 3.16. The Hall–Kier alpha value is -1.82. The predicted octanol–water partition coefficient (Wildman–Crippen LogP) is 3.29. The SMILES string of the molecule is CCCCN(c1cc(NN)cc([N+](=O)[O-])c1)C(C)CC. The van der Waals surface area contributed by atoms with Gasteiger partial charge in [0.25, 0.3) is 5.69 Å². The summed E-state index contributed by atoms with van der Waals surface area (Å²) < 4.78 is 0. The maximum atomic E-state index is 11.0. The van der Waals surface area contributed by atoms with Crippen LogP contribution in [-0.4, -0.2) is 17.5 Å². The molecule has 20 heavy (non-hydrogen) atoms. The lowest BCUT2D eigenvalue weighted by Gasteiger charge is -2.31. The van der Waals surface area contributed by atoms with Crippen LogP contribution in [0, 0.1) is 10.1 Å². The number of nitrogens with two attached hydrogens (primary N) is 1. The number of hydrogen-bond donors (Lipinski definition) is 2. The van der Waals surface area contributed by atoms with Gasteiger partial charge in [0.15, 0.2) is 0 Å². The summed E-state index contributed by atoms with van der Waals surface area (Å²) >= 11 is 0. The van der Waals surface area contributed by atoms with Gasteiger partial charge < -0.3 is 10.3 Å². The third-order valence-electron chi connectivity index (χ3n) is 3.49. The third kappa shape index (κ3) is 4.09. The van der Waals surface area contributed by atoms with E-state index in [0.717, 1.165) is 31.5 Å². The lowest BCUT2D eigenvalue weighted by atomic mass is 10.1. The Morgan fingerprint density at radius 3 is 2.60 bits per heavy atom. The van der Waals surface area contributed by atoms with Gasteiger partial charge in [-0.3, -0.25) is 16.0 Å². The summed E-state index contributed by atoms with van der Waals surface area (Å²) in [6.45, 7) is 7.26. The van der Waals surface area contributed by atoms with Crippen molar-refractivity contribution in [2.45, 2.75) is 46.1 Å². The third-order valence-corrected chi connectivity index (χ3v) is 3.49. The molecule has 0 fully saturated rings. The maximum absolute atomic E-state index is 11.0. The zero-order valence-electron chi connectivity index (χ0n) is 12.4. The molecule has 0 saturated heterocycles. The summed E-state index contributed by atoms with van der Waals surface area (Å²) in [6.07, 6.45) is 3.13. The van der Waals surface area contributed by atoms with Gasteiger partial charge in [0.05, 0.1) is 10.6 Å². The normalized spacial score (nSPS) is 12.0. The van der Waals surface area contributed by atoms with Crippen LogP contribution in [0.4, 0.5) is 17.1 Å². The van der Waals surface area contributed by atoms with Gasteiger partial charge in [-0.15, -0.1) is 0 Å². The highest BCUT2D eigenvalue weighted by atomic mass is 16.6. The van der Waals surface area contributed by atoms with Crippen molar-refractivity contribution in [3.63, 3.8) is 0 Å². The van der Waals surface area contributed by atoms with Crippen molar-refractivity contribution in [2.75, 3.05) is 16.9 Å². The van der Waals surface area contributed by atoms with Gasteiger partial charge in [-0.25, -0.2) is 0 Å². The number of anilines is 2. The minimum atomic E-state index is -0.390. The Labute approximate surface area is 120 Å². The van der Waals surface area contributed by atoms with Crippen molar-refractivity contribution < 1.29 is 4.92 Å². The molecule has 0 radical (unpaired) electrons. The number of nitrogens with zero attached hydrogens (tertiary/aromatic N) is 2. The molecule has 0 aromatic heterocycles. The van der Waals surface area contributed by atoms with Crippen LogP contribution in [-0.2, 0) is 0 Å². The Kier molecular flexibility index (Phi) is 6.24. The Bertz CT molecular complexity index is 451. The topological polar surface area (TPSA) is 84.4 Å². The number of rotatable bonds is 8. The summed E-state index contributed by atoms with van der Waals surface area (Å²) in [6, 6.07) is 5.24. The molecule has 1 aromatic carbocycles. The second kappa shape index (κ2) is 7.69. The summed E-state index contributed by atoms with van der Waals surface area (Å²) in [5.41, 5.74) is 3.95. The molecular weight excluding hydrogens is 256 g/mol. The summed E-state index contributed by atoms with van der Waals surface area (Å²) in [5.74, 6) is 5.41. The molecule has 1 aromatic rings. The Morgan fingerprint density at radius 2 is 2.10 bits per heavy atom. The molecular formula is C14H24N4O2. The van der Waals surface area contributed by atoms with E-state index in [1.807, 2.05) is 6.07 Å². The van der Waals surface area contributed by atoms with Gasteiger partial charge in [-0.1, -0.05) is 20.3 Å². The maximum Gasteiger partial charge on any atom is 0.273 e. The first-order valence-electron chi connectivity index (χ1n) is 7.06. The highest BCUT2D eigenvalue weighted by Gasteiger charge is 2.17. The van der Waals surface area contributed by atoms with Crippen LogP contribution in [0.3, 0.4) is 0 Å². The van der Waals surface area contributed by atoms with Crippen LogP contribution in [0.15, 0.2) is 18.2 Å². The van der Waals surface area contributed by atoms with E-state index in [-0.39, 0.29) is 10.6 Å². The smallest absolute Gasteiger partial charge is 0.273 e. The van der Waals surface area contributed by atoms with Gasteiger partial charge in [0.1, 0.15) is 0 Å². The van der Waals surface area contributed by atoms with Gasteiger partial charge in [-0.05, 0) is 25.8 Å². The fourth-order valence-corrected chi connectivity index (χ4v) is 2.10. The van der Waals surface area contributed by atoms with E-state index in [2.05, 4.69) is 31.1 Å².